The van der Waals surface area contributed by atoms with E-state index >= 15 is 0 Å². The van der Waals surface area contributed by atoms with Gasteiger partial charge in [0.25, 0.3) is 0 Å². The maximum absolute atomic E-state index is 10.7. The molecule has 0 aromatic heterocycles. The third-order valence-electron chi connectivity index (χ3n) is 1.61. The Bertz CT molecular complexity index is 282. The summed E-state index contributed by atoms with van der Waals surface area (Å²) in [5.74, 6) is -1.17. The van der Waals surface area contributed by atoms with Gasteiger partial charge in [-0.1, -0.05) is 0 Å². The fraction of sp³-hybridized carbons (Fsp3) is 0.833. The Morgan fingerprint density at radius 1 is 1.22 bits per heavy atom. The molecule has 0 bridgehead atoms. The number of ketones is 1. The monoisotopic (exact) mass is 310 g/mol. The topological polar surface area (TPSA) is 170 Å². The average molecular weight is 310 g/mol. The van der Waals surface area contributed by atoms with Gasteiger partial charge in [0.1, 0.15) is 24.9 Å². The number of phosphoric ester groups is 1. The van der Waals surface area contributed by atoms with Crippen LogP contribution in [0.15, 0.2) is 0 Å². The largest absolute Gasteiger partial charge is 1.00 e. The van der Waals surface area contributed by atoms with Crippen LogP contribution in [0.3, 0.4) is 0 Å². The first-order valence-electron chi connectivity index (χ1n) is 4.03. The summed E-state index contributed by atoms with van der Waals surface area (Å²) < 4.78 is 13.6. The molecule has 96 valence electrons. The number of hydrogen-bond acceptors (Lipinski definition) is 9. The van der Waals surface area contributed by atoms with Crippen molar-refractivity contribution >= 4 is 13.6 Å². The number of rotatable bonds is 7. The van der Waals surface area contributed by atoms with Crippen LogP contribution in [0.4, 0.5) is 0 Å². The predicted molar refractivity (Wildman–Crippen MR) is 43.7 cm³/mol. The van der Waals surface area contributed by atoms with E-state index in [1.165, 1.54) is 0 Å². The van der Waals surface area contributed by atoms with Gasteiger partial charge in [-0.2, -0.15) is 0 Å². The van der Waals surface area contributed by atoms with Crippen LogP contribution in [-0.4, -0.2) is 57.7 Å². The fourth-order valence-corrected chi connectivity index (χ4v) is 1.10. The van der Waals surface area contributed by atoms with Gasteiger partial charge in [0.15, 0.2) is 5.78 Å². The number of phosphoric acid groups is 1. The van der Waals surface area contributed by atoms with Crippen LogP contribution in [-0.2, 0) is 13.9 Å². The van der Waals surface area contributed by atoms with Crippen molar-refractivity contribution in [2.45, 2.75) is 18.3 Å². The van der Waals surface area contributed by atoms with E-state index in [1.54, 1.807) is 0 Å². The fourth-order valence-electron chi connectivity index (χ4n) is 0.761. The van der Waals surface area contributed by atoms with Crippen LogP contribution in [0.2, 0.25) is 0 Å². The SMILES string of the molecule is O=[13C]([13CH2]O)[13C@@H](O)[13C@H](O)[13C@H](O)[13CH2]OP(=O)([O-])[O-].[Na+].[Na+]. The van der Waals surface area contributed by atoms with E-state index in [0.717, 1.165) is 0 Å². The molecule has 0 spiro atoms. The molecule has 0 rings (SSSR count). The summed E-state index contributed by atoms with van der Waals surface area (Å²) >= 11 is 0. The summed E-state index contributed by atoms with van der Waals surface area (Å²) in [6.07, 6.45) is -6.12. The van der Waals surface area contributed by atoms with E-state index in [0.29, 0.717) is 0 Å². The summed E-state index contributed by atoms with van der Waals surface area (Å²) in [7, 11) is -5.31. The third kappa shape index (κ3) is 10.4. The van der Waals surface area contributed by atoms with E-state index in [2.05, 4.69) is 4.52 Å². The zero-order chi connectivity index (χ0) is 12.9. The molecule has 0 aromatic carbocycles. The van der Waals surface area contributed by atoms with Gasteiger partial charge in [0.05, 0.1) is 14.4 Å². The minimum atomic E-state index is -5.31. The second kappa shape index (κ2) is 11.3. The van der Waals surface area contributed by atoms with Crippen molar-refractivity contribution in [1.82, 2.24) is 0 Å². The average Bonchev–Trinajstić information content (AvgIpc) is 2.21. The van der Waals surface area contributed by atoms with Crippen LogP contribution in [0, 0.1) is 0 Å². The van der Waals surface area contributed by atoms with Gasteiger partial charge in [-0.3, -0.25) is 4.79 Å². The van der Waals surface area contributed by atoms with Gasteiger partial charge < -0.3 is 39.3 Å². The van der Waals surface area contributed by atoms with Gasteiger partial charge in [0, 0.05) is 0 Å². The smallest absolute Gasteiger partial charge is 0.790 e. The summed E-state index contributed by atoms with van der Waals surface area (Å²) in [4.78, 5) is 30.7. The molecule has 12 heteroatoms. The molecule has 4 N–H and O–H groups in total. The Hall–Kier alpha value is 1.62. The van der Waals surface area contributed by atoms with Crippen molar-refractivity contribution in [1.29, 1.82) is 0 Å². The third-order valence-corrected chi connectivity index (χ3v) is 2.07. The minimum Gasteiger partial charge on any atom is -0.790 e. The second-order valence-corrected chi connectivity index (χ2v) is 4.02. The molecule has 0 saturated heterocycles. The molecule has 0 aliphatic rings. The molecule has 18 heavy (non-hydrogen) atoms. The zero-order valence-corrected chi connectivity index (χ0v) is 14.8. The van der Waals surface area contributed by atoms with Gasteiger partial charge in [-0.25, -0.2) is 0 Å². The molecule has 0 amide bonds. The van der Waals surface area contributed by atoms with Gasteiger partial charge in [-0.05, 0) is 0 Å². The van der Waals surface area contributed by atoms with E-state index in [9.17, 15) is 19.1 Å². The molecule has 9 nitrogen and oxygen atoms in total. The van der Waals surface area contributed by atoms with Crippen molar-refractivity contribution in [3.05, 3.63) is 0 Å². The molecule has 0 unspecified atom stereocenters. The minimum absolute atomic E-state index is 0. The number of aliphatic hydroxyl groups excluding tert-OH is 4. The normalized spacial score (nSPS) is 15.9. The molecular formula is C6H11Na2O9P. The van der Waals surface area contributed by atoms with Crippen LogP contribution in [0.1, 0.15) is 0 Å². The molecule has 3 atom stereocenters. The van der Waals surface area contributed by atoms with Crippen LogP contribution in [0.5, 0.6) is 0 Å². The number of carbonyl (C=O) groups excluding carboxylic acids is 1. The standard InChI is InChI=1S/C6H13O9P.2Na/c7-1-3(8)5(10)6(11)4(9)2-15-16(12,13)14;;/h4-7,9-11H,1-2H2,(H2,12,13,14);;/q;2*+1/p-2/t4-,5-,6-;;/m1../s1/i1+1,2+1,3+1,4+1,5+1,6+1;;. The van der Waals surface area contributed by atoms with E-state index < -0.39 is 45.1 Å². The van der Waals surface area contributed by atoms with Crippen molar-refractivity contribution in [2.24, 2.45) is 0 Å². The number of Topliss-reactive ketones (excluding diaryl/α,β-unsaturated/α-hetero) is 1. The predicted octanol–water partition coefficient (Wildman–Crippen LogP) is -10.5. The van der Waals surface area contributed by atoms with Crippen LogP contribution < -0.4 is 68.9 Å². The van der Waals surface area contributed by atoms with Crippen molar-refractivity contribution in [3.63, 3.8) is 0 Å². The quantitative estimate of drug-likeness (QED) is 0.202. The van der Waals surface area contributed by atoms with Crippen molar-refractivity contribution < 1.29 is 103 Å². The Labute approximate surface area is 147 Å². The number of hydrogen-bond donors (Lipinski definition) is 4. The first-order chi connectivity index (χ1) is 7.19. The maximum atomic E-state index is 10.7. The van der Waals surface area contributed by atoms with Crippen molar-refractivity contribution in [3.8, 4) is 0 Å². The molecule has 0 radical (unpaired) electrons. The second-order valence-electron chi connectivity index (χ2n) is 2.87. The molecular weight excluding hydrogens is 299 g/mol. The molecule has 0 heterocycles. The van der Waals surface area contributed by atoms with Gasteiger partial charge >= 0.3 is 59.1 Å². The van der Waals surface area contributed by atoms with E-state index in [-0.39, 0.29) is 59.1 Å². The first-order valence-corrected chi connectivity index (χ1v) is 5.49. The van der Waals surface area contributed by atoms with E-state index in [1.807, 2.05) is 0 Å². The summed E-state index contributed by atoms with van der Waals surface area (Å²) in [5, 5.41) is 35.4. The first kappa shape index (κ1) is 24.6. The van der Waals surface area contributed by atoms with Crippen molar-refractivity contribution in [2.75, 3.05) is 13.2 Å². The molecule has 0 fully saturated rings. The Balaban J connectivity index is -0.00000112. The maximum Gasteiger partial charge on any atom is 1.00 e. The van der Waals surface area contributed by atoms with Gasteiger partial charge in [-0.15, -0.1) is 0 Å². The van der Waals surface area contributed by atoms with E-state index in [4.69, 9.17) is 20.4 Å². The Kier molecular flexibility index (Phi) is 15.5. The zero-order valence-electron chi connectivity index (χ0n) is 9.92. The van der Waals surface area contributed by atoms with Gasteiger partial charge in [0.2, 0.25) is 0 Å². The summed E-state index contributed by atoms with van der Waals surface area (Å²) in [6, 6.07) is 0. The molecule has 0 aromatic rings. The van der Waals surface area contributed by atoms with Crippen LogP contribution in [0.25, 0.3) is 0 Å². The number of carbonyl (C=O) groups is 1. The molecule has 0 aliphatic carbocycles. The summed E-state index contributed by atoms with van der Waals surface area (Å²) in [5.41, 5.74) is 0. The molecule has 0 saturated carbocycles. The van der Waals surface area contributed by atoms with Crippen LogP contribution >= 0.6 is 7.82 Å². The Morgan fingerprint density at radius 3 is 2.00 bits per heavy atom. The number of aliphatic hydroxyl groups is 4. The summed E-state index contributed by atoms with van der Waals surface area (Å²) in [6.45, 7) is -2.16. The molecule has 0 aliphatic heterocycles. The Morgan fingerprint density at radius 2 is 1.67 bits per heavy atom.